The summed E-state index contributed by atoms with van der Waals surface area (Å²) in [6, 6.07) is 16.3. The minimum Gasteiger partial charge on any atom is -0.508 e. The first-order valence-electron chi connectivity index (χ1n) is 8.79. The highest BCUT2D eigenvalue weighted by Crippen LogP contribution is 2.21. The van der Waals surface area contributed by atoms with Crippen LogP contribution in [-0.4, -0.2) is 30.8 Å². The molecule has 0 saturated heterocycles. The summed E-state index contributed by atoms with van der Waals surface area (Å²) >= 11 is 0. The van der Waals surface area contributed by atoms with Gasteiger partial charge in [-0.25, -0.2) is 13.8 Å². The van der Waals surface area contributed by atoms with Crippen LogP contribution in [-0.2, 0) is 10.0 Å². The molecule has 0 aliphatic carbocycles. The fourth-order valence-electron chi connectivity index (χ4n) is 2.49. The molecular formula is C21H19N3O5S. The number of sulfonamides is 1. The fraction of sp³-hybridized carbons (Fsp3) is 0.0476. The number of aryl methyl sites for hydroxylation is 1. The third kappa shape index (κ3) is 5.15. The topological polar surface area (TPSA) is 128 Å². The Kier molecular flexibility index (Phi) is 6.03. The SMILES string of the molecule is Cc1ccc(S(=O)(=O)Nc2ccc(C(=O)N/N=C\c3ccc(O)cc3O)cc2)cc1. The van der Waals surface area contributed by atoms with E-state index >= 15 is 0 Å². The quantitative estimate of drug-likeness (QED) is 0.357. The number of phenols is 2. The molecule has 8 nitrogen and oxygen atoms in total. The number of anilines is 1. The molecule has 0 saturated carbocycles. The molecule has 0 fully saturated rings. The van der Waals surface area contributed by atoms with Gasteiger partial charge in [0.2, 0.25) is 0 Å². The molecule has 9 heteroatoms. The fourth-order valence-corrected chi connectivity index (χ4v) is 3.55. The lowest BCUT2D eigenvalue weighted by atomic mass is 10.2. The van der Waals surface area contributed by atoms with Crippen molar-refractivity contribution in [1.29, 1.82) is 0 Å². The molecule has 3 rings (SSSR count). The predicted octanol–water partition coefficient (Wildman–Crippen LogP) is 2.97. The van der Waals surface area contributed by atoms with Gasteiger partial charge in [0.05, 0.1) is 11.1 Å². The zero-order valence-corrected chi connectivity index (χ0v) is 16.7. The van der Waals surface area contributed by atoms with Crippen molar-refractivity contribution in [2.45, 2.75) is 11.8 Å². The standard InChI is InChI=1S/C21H19N3O5S/c1-14-2-10-19(11-3-14)30(28,29)24-17-7-4-15(5-8-17)21(27)23-22-13-16-6-9-18(25)12-20(16)26/h2-13,24-26H,1H3,(H,23,27)/b22-13-. The number of amides is 1. The van der Waals surface area contributed by atoms with E-state index in [1.807, 2.05) is 6.92 Å². The van der Waals surface area contributed by atoms with Gasteiger partial charge in [-0.05, 0) is 55.5 Å². The van der Waals surface area contributed by atoms with Crippen molar-refractivity contribution >= 4 is 27.8 Å². The van der Waals surface area contributed by atoms with Crippen LogP contribution in [0.2, 0.25) is 0 Å². The van der Waals surface area contributed by atoms with E-state index in [0.29, 0.717) is 11.3 Å². The second-order valence-electron chi connectivity index (χ2n) is 6.44. The number of carbonyl (C=O) groups is 1. The second-order valence-corrected chi connectivity index (χ2v) is 8.12. The van der Waals surface area contributed by atoms with Crippen molar-refractivity contribution in [1.82, 2.24) is 5.43 Å². The molecule has 0 heterocycles. The van der Waals surface area contributed by atoms with Gasteiger partial charge in [0.1, 0.15) is 11.5 Å². The van der Waals surface area contributed by atoms with Crippen LogP contribution in [0.15, 0.2) is 76.7 Å². The zero-order valence-electron chi connectivity index (χ0n) is 15.9. The molecule has 0 spiro atoms. The van der Waals surface area contributed by atoms with Crippen LogP contribution < -0.4 is 10.1 Å². The molecule has 0 radical (unpaired) electrons. The average molecular weight is 425 g/mol. The number of hydrogen-bond donors (Lipinski definition) is 4. The lowest BCUT2D eigenvalue weighted by Crippen LogP contribution is -2.18. The van der Waals surface area contributed by atoms with Crippen LogP contribution in [0.1, 0.15) is 21.5 Å². The van der Waals surface area contributed by atoms with Gasteiger partial charge in [-0.1, -0.05) is 17.7 Å². The van der Waals surface area contributed by atoms with E-state index in [1.165, 1.54) is 54.7 Å². The summed E-state index contributed by atoms with van der Waals surface area (Å²) in [5.74, 6) is -0.789. The van der Waals surface area contributed by atoms with Gasteiger partial charge in [0.25, 0.3) is 15.9 Å². The molecule has 1 amide bonds. The van der Waals surface area contributed by atoms with Gasteiger partial charge < -0.3 is 10.2 Å². The molecule has 0 aromatic heterocycles. The molecule has 0 atom stereocenters. The molecule has 154 valence electrons. The number of aromatic hydroxyl groups is 2. The van der Waals surface area contributed by atoms with Gasteiger partial charge in [-0.3, -0.25) is 9.52 Å². The third-order valence-electron chi connectivity index (χ3n) is 4.11. The zero-order chi connectivity index (χ0) is 21.7. The number of nitrogens with one attached hydrogen (secondary N) is 2. The van der Waals surface area contributed by atoms with E-state index in [-0.39, 0.29) is 22.0 Å². The van der Waals surface area contributed by atoms with Gasteiger partial charge in [-0.2, -0.15) is 5.10 Å². The number of phenolic OH excluding ortho intramolecular Hbond substituents is 2. The minimum atomic E-state index is -3.73. The molecule has 4 N–H and O–H groups in total. The molecule has 0 aliphatic heterocycles. The molecule has 0 unspecified atom stereocenters. The maximum absolute atomic E-state index is 12.4. The Morgan fingerprint density at radius 3 is 2.27 bits per heavy atom. The Bertz CT molecular complexity index is 1190. The lowest BCUT2D eigenvalue weighted by molar-refractivity contribution is 0.0955. The molecule has 3 aromatic carbocycles. The molecule has 3 aromatic rings. The highest BCUT2D eigenvalue weighted by atomic mass is 32.2. The van der Waals surface area contributed by atoms with Gasteiger partial charge in [0.15, 0.2) is 0 Å². The van der Waals surface area contributed by atoms with Gasteiger partial charge >= 0.3 is 0 Å². The molecule has 30 heavy (non-hydrogen) atoms. The van der Waals surface area contributed by atoms with E-state index in [0.717, 1.165) is 11.6 Å². The number of nitrogens with zero attached hydrogens (tertiary/aromatic N) is 1. The summed E-state index contributed by atoms with van der Waals surface area (Å²) in [6.45, 7) is 1.87. The van der Waals surface area contributed by atoms with E-state index in [4.69, 9.17) is 0 Å². The monoisotopic (exact) mass is 425 g/mol. The first kappa shape index (κ1) is 20.9. The van der Waals surface area contributed by atoms with Crippen LogP contribution in [0.4, 0.5) is 5.69 Å². The average Bonchev–Trinajstić information content (AvgIpc) is 2.70. The van der Waals surface area contributed by atoms with E-state index in [9.17, 15) is 23.4 Å². The molecular weight excluding hydrogens is 406 g/mol. The largest absolute Gasteiger partial charge is 0.508 e. The van der Waals surface area contributed by atoms with Crippen LogP contribution in [0.3, 0.4) is 0 Å². The Hall–Kier alpha value is -3.85. The van der Waals surface area contributed by atoms with Crippen molar-refractivity contribution in [3.05, 3.63) is 83.4 Å². The number of benzene rings is 3. The van der Waals surface area contributed by atoms with Gasteiger partial charge in [-0.15, -0.1) is 0 Å². The lowest BCUT2D eigenvalue weighted by Gasteiger charge is -2.09. The summed E-state index contributed by atoms with van der Waals surface area (Å²) in [4.78, 5) is 12.3. The van der Waals surface area contributed by atoms with E-state index in [1.54, 1.807) is 12.1 Å². The smallest absolute Gasteiger partial charge is 0.271 e. The highest BCUT2D eigenvalue weighted by Gasteiger charge is 2.14. The number of hydrazone groups is 1. The Balaban J connectivity index is 1.64. The van der Waals surface area contributed by atoms with Crippen molar-refractivity contribution in [2.24, 2.45) is 5.10 Å². The highest BCUT2D eigenvalue weighted by molar-refractivity contribution is 7.92. The summed E-state index contributed by atoms with van der Waals surface area (Å²) < 4.78 is 27.3. The maximum atomic E-state index is 12.4. The Morgan fingerprint density at radius 1 is 0.967 bits per heavy atom. The van der Waals surface area contributed by atoms with Crippen LogP contribution in [0.5, 0.6) is 11.5 Å². The second kappa shape index (κ2) is 8.66. The van der Waals surface area contributed by atoms with E-state index in [2.05, 4.69) is 15.2 Å². The summed E-state index contributed by atoms with van der Waals surface area (Å²) in [5.41, 5.74) is 4.15. The van der Waals surface area contributed by atoms with Crippen molar-refractivity contribution in [3.8, 4) is 11.5 Å². The Morgan fingerprint density at radius 2 is 1.63 bits per heavy atom. The minimum absolute atomic E-state index is 0.0909. The normalized spacial score (nSPS) is 11.4. The van der Waals surface area contributed by atoms with Gasteiger partial charge in [0, 0.05) is 22.9 Å². The summed E-state index contributed by atoms with van der Waals surface area (Å²) in [7, 11) is -3.73. The van der Waals surface area contributed by atoms with Crippen LogP contribution in [0, 0.1) is 6.92 Å². The summed E-state index contributed by atoms with van der Waals surface area (Å²) in [6.07, 6.45) is 1.23. The van der Waals surface area contributed by atoms with Crippen molar-refractivity contribution < 1.29 is 23.4 Å². The van der Waals surface area contributed by atoms with Crippen molar-refractivity contribution in [2.75, 3.05) is 4.72 Å². The van der Waals surface area contributed by atoms with Crippen molar-refractivity contribution in [3.63, 3.8) is 0 Å². The van der Waals surface area contributed by atoms with Crippen LogP contribution in [0.25, 0.3) is 0 Å². The van der Waals surface area contributed by atoms with E-state index < -0.39 is 15.9 Å². The predicted molar refractivity (Wildman–Crippen MR) is 113 cm³/mol. The Labute approximate surface area is 173 Å². The van der Waals surface area contributed by atoms with Crippen LogP contribution >= 0.6 is 0 Å². The first-order valence-corrected chi connectivity index (χ1v) is 10.3. The molecule has 0 aliphatic rings. The third-order valence-corrected chi connectivity index (χ3v) is 5.51. The summed E-state index contributed by atoms with van der Waals surface area (Å²) in [5, 5.41) is 22.7. The number of hydrogen-bond acceptors (Lipinski definition) is 6. The number of carbonyl (C=O) groups excluding carboxylic acids is 1. The molecule has 0 bridgehead atoms. The number of rotatable bonds is 6. The first-order chi connectivity index (χ1) is 14.2. The maximum Gasteiger partial charge on any atom is 0.271 e.